The number of benzene rings is 2. The van der Waals surface area contributed by atoms with Gasteiger partial charge in [-0.2, -0.15) is 9.78 Å². The Morgan fingerprint density at radius 2 is 1.89 bits per heavy atom. The number of hydrogen-bond acceptors (Lipinski definition) is 4. The normalized spacial score (nSPS) is 11.9. The number of nitrogens with one attached hydrogen (secondary N) is 1. The highest BCUT2D eigenvalue weighted by atomic mass is 35.5. The van der Waals surface area contributed by atoms with Crippen LogP contribution in [0.15, 0.2) is 64.4 Å². The standard InChI is InChI=1S/C21H20ClN3O2S/c1-13-7-8-18(11-14(13)2)25-20(26)10-9-19(24-25)28-15(3)21(27)23-17-6-4-5-16(22)12-17/h4-12,15H,1-3H3,(H,23,27)/t15-/m1/s1. The van der Waals surface area contributed by atoms with Crippen molar-refractivity contribution in [2.75, 3.05) is 5.32 Å². The van der Waals surface area contributed by atoms with Gasteiger partial charge in [0, 0.05) is 16.8 Å². The Morgan fingerprint density at radius 3 is 2.61 bits per heavy atom. The van der Waals surface area contributed by atoms with Gasteiger partial charge in [0.05, 0.1) is 10.9 Å². The summed E-state index contributed by atoms with van der Waals surface area (Å²) >= 11 is 7.23. The number of thioether (sulfide) groups is 1. The predicted octanol–water partition coefficient (Wildman–Crippen LogP) is 4.62. The fourth-order valence-corrected chi connectivity index (χ4v) is 3.54. The summed E-state index contributed by atoms with van der Waals surface area (Å²) in [5.41, 5.74) is 3.35. The lowest BCUT2D eigenvalue weighted by atomic mass is 10.1. The van der Waals surface area contributed by atoms with Crippen LogP contribution in [0.25, 0.3) is 5.69 Å². The highest BCUT2D eigenvalue weighted by Crippen LogP contribution is 2.23. The molecule has 1 heterocycles. The first-order valence-corrected chi connectivity index (χ1v) is 10.0. The maximum absolute atomic E-state index is 12.5. The van der Waals surface area contributed by atoms with Crippen molar-refractivity contribution in [2.24, 2.45) is 0 Å². The third-order valence-corrected chi connectivity index (χ3v) is 5.53. The Kier molecular flexibility index (Phi) is 6.21. The number of anilines is 1. The molecule has 3 rings (SSSR count). The third-order valence-electron chi connectivity index (χ3n) is 4.27. The van der Waals surface area contributed by atoms with Crippen LogP contribution in [0.2, 0.25) is 5.02 Å². The summed E-state index contributed by atoms with van der Waals surface area (Å²) in [6.45, 7) is 5.80. The lowest BCUT2D eigenvalue weighted by molar-refractivity contribution is -0.115. The summed E-state index contributed by atoms with van der Waals surface area (Å²) in [7, 11) is 0. The lowest BCUT2D eigenvalue weighted by Gasteiger charge is -2.13. The molecule has 0 aliphatic carbocycles. The molecule has 0 bridgehead atoms. The van der Waals surface area contributed by atoms with E-state index in [1.165, 1.54) is 22.5 Å². The van der Waals surface area contributed by atoms with E-state index in [-0.39, 0.29) is 11.5 Å². The highest BCUT2D eigenvalue weighted by Gasteiger charge is 2.16. The maximum Gasteiger partial charge on any atom is 0.271 e. The minimum absolute atomic E-state index is 0.169. The summed E-state index contributed by atoms with van der Waals surface area (Å²) < 4.78 is 1.36. The van der Waals surface area contributed by atoms with Gasteiger partial charge >= 0.3 is 0 Å². The van der Waals surface area contributed by atoms with E-state index in [0.29, 0.717) is 21.4 Å². The van der Waals surface area contributed by atoms with Crippen LogP contribution in [-0.2, 0) is 4.79 Å². The van der Waals surface area contributed by atoms with Crippen molar-refractivity contribution in [2.45, 2.75) is 31.0 Å². The quantitative estimate of drug-likeness (QED) is 0.620. The summed E-state index contributed by atoms with van der Waals surface area (Å²) in [5, 5.41) is 8.00. The molecule has 1 aromatic heterocycles. The van der Waals surface area contributed by atoms with Gasteiger partial charge in [-0.3, -0.25) is 9.59 Å². The Morgan fingerprint density at radius 1 is 1.11 bits per heavy atom. The van der Waals surface area contributed by atoms with Gasteiger partial charge in [0.1, 0.15) is 5.03 Å². The van der Waals surface area contributed by atoms with Crippen molar-refractivity contribution in [1.29, 1.82) is 0 Å². The molecule has 1 amide bonds. The van der Waals surface area contributed by atoms with Gasteiger partial charge in [-0.15, -0.1) is 0 Å². The molecule has 0 fully saturated rings. The molecule has 7 heteroatoms. The minimum Gasteiger partial charge on any atom is -0.325 e. The number of nitrogens with zero attached hydrogens (tertiary/aromatic N) is 2. The topological polar surface area (TPSA) is 64.0 Å². The Labute approximate surface area is 172 Å². The number of carbonyl (C=O) groups excluding carboxylic acids is 1. The number of hydrogen-bond donors (Lipinski definition) is 1. The van der Waals surface area contributed by atoms with Gasteiger partial charge in [-0.05, 0) is 68.3 Å². The van der Waals surface area contributed by atoms with Crippen LogP contribution in [0.5, 0.6) is 0 Å². The summed E-state index contributed by atoms with van der Waals surface area (Å²) in [6, 6.07) is 15.8. The molecule has 0 aliphatic heterocycles. The first-order chi connectivity index (χ1) is 13.3. The van der Waals surface area contributed by atoms with E-state index in [4.69, 9.17) is 11.6 Å². The molecular formula is C21H20ClN3O2S. The fourth-order valence-electron chi connectivity index (χ4n) is 2.54. The molecule has 5 nitrogen and oxygen atoms in total. The van der Waals surface area contributed by atoms with Crippen LogP contribution in [-0.4, -0.2) is 20.9 Å². The molecule has 144 valence electrons. The van der Waals surface area contributed by atoms with Crippen LogP contribution < -0.4 is 10.9 Å². The molecular weight excluding hydrogens is 394 g/mol. The smallest absolute Gasteiger partial charge is 0.271 e. The van der Waals surface area contributed by atoms with Gasteiger partial charge < -0.3 is 5.32 Å². The van der Waals surface area contributed by atoms with Crippen LogP contribution in [0.3, 0.4) is 0 Å². The Balaban J connectivity index is 1.77. The molecule has 0 aliphatic rings. The van der Waals surface area contributed by atoms with Crippen molar-refractivity contribution in [3.63, 3.8) is 0 Å². The van der Waals surface area contributed by atoms with Crippen molar-refractivity contribution in [1.82, 2.24) is 9.78 Å². The molecule has 1 N–H and O–H groups in total. The highest BCUT2D eigenvalue weighted by molar-refractivity contribution is 8.00. The van der Waals surface area contributed by atoms with E-state index in [2.05, 4.69) is 10.4 Å². The van der Waals surface area contributed by atoms with E-state index in [9.17, 15) is 9.59 Å². The SMILES string of the molecule is Cc1ccc(-n2nc(S[C@H](C)C(=O)Nc3cccc(Cl)c3)ccc2=O)cc1C. The first-order valence-electron chi connectivity index (χ1n) is 8.74. The molecule has 0 saturated heterocycles. The number of aryl methyl sites for hydroxylation is 2. The maximum atomic E-state index is 12.5. The molecule has 2 aromatic carbocycles. The molecule has 0 unspecified atom stereocenters. The number of aromatic nitrogens is 2. The van der Waals surface area contributed by atoms with Gasteiger partial charge in [0.2, 0.25) is 5.91 Å². The number of rotatable bonds is 5. The average Bonchev–Trinajstić information content (AvgIpc) is 2.65. The molecule has 28 heavy (non-hydrogen) atoms. The summed E-state index contributed by atoms with van der Waals surface area (Å²) in [4.78, 5) is 24.7. The second-order valence-corrected chi connectivity index (χ2v) is 8.25. The monoisotopic (exact) mass is 413 g/mol. The number of amides is 1. The van der Waals surface area contributed by atoms with Crippen LogP contribution in [0.1, 0.15) is 18.1 Å². The molecule has 0 saturated carbocycles. The second-order valence-electron chi connectivity index (χ2n) is 6.45. The first kappa shape index (κ1) is 20.2. The molecule has 3 aromatic rings. The van der Waals surface area contributed by atoms with Gasteiger partial charge in [0.25, 0.3) is 5.56 Å². The van der Waals surface area contributed by atoms with E-state index in [0.717, 1.165) is 11.1 Å². The Bertz CT molecular complexity index is 1080. The lowest BCUT2D eigenvalue weighted by Crippen LogP contribution is -2.24. The minimum atomic E-state index is -0.405. The van der Waals surface area contributed by atoms with E-state index < -0.39 is 5.25 Å². The van der Waals surface area contributed by atoms with Crippen molar-refractivity contribution >= 4 is 35.0 Å². The zero-order valence-electron chi connectivity index (χ0n) is 15.8. The second kappa shape index (κ2) is 8.63. The molecule has 1 atom stereocenters. The Hall–Kier alpha value is -2.57. The fraction of sp³-hybridized carbons (Fsp3) is 0.190. The van der Waals surface area contributed by atoms with Gasteiger partial charge in [-0.1, -0.05) is 35.5 Å². The van der Waals surface area contributed by atoms with Crippen molar-refractivity contribution < 1.29 is 4.79 Å². The average molecular weight is 414 g/mol. The van der Waals surface area contributed by atoms with Crippen LogP contribution >= 0.6 is 23.4 Å². The molecule has 0 radical (unpaired) electrons. The van der Waals surface area contributed by atoms with Crippen LogP contribution in [0.4, 0.5) is 5.69 Å². The largest absolute Gasteiger partial charge is 0.325 e. The summed E-state index contributed by atoms with van der Waals surface area (Å²) in [6.07, 6.45) is 0. The molecule has 0 spiro atoms. The van der Waals surface area contributed by atoms with E-state index >= 15 is 0 Å². The van der Waals surface area contributed by atoms with E-state index in [1.807, 2.05) is 32.0 Å². The van der Waals surface area contributed by atoms with Crippen LogP contribution in [0, 0.1) is 13.8 Å². The zero-order chi connectivity index (χ0) is 20.3. The number of halogens is 1. The van der Waals surface area contributed by atoms with Crippen molar-refractivity contribution in [3.8, 4) is 5.69 Å². The van der Waals surface area contributed by atoms with Gasteiger partial charge in [-0.25, -0.2) is 0 Å². The third kappa shape index (κ3) is 4.82. The summed E-state index contributed by atoms with van der Waals surface area (Å²) in [5.74, 6) is -0.169. The van der Waals surface area contributed by atoms with Gasteiger partial charge in [0.15, 0.2) is 0 Å². The zero-order valence-corrected chi connectivity index (χ0v) is 17.3. The predicted molar refractivity (Wildman–Crippen MR) is 115 cm³/mol. The van der Waals surface area contributed by atoms with E-state index in [1.54, 1.807) is 37.3 Å². The van der Waals surface area contributed by atoms with Crippen molar-refractivity contribution in [3.05, 3.63) is 81.1 Å². The number of carbonyl (C=O) groups is 1.